The molecule has 5 nitrogen and oxygen atoms in total. The Hall–Kier alpha value is -2.21. The molecule has 1 saturated carbocycles. The van der Waals surface area contributed by atoms with E-state index in [0.29, 0.717) is 10.6 Å². The van der Waals surface area contributed by atoms with Crippen molar-refractivity contribution in [1.82, 2.24) is 5.32 Å². The molecule has 2 amide bonds. The van der Waals surface area contributed by atoms with Crippen LogP contribution in [-0.4, -0.2) is 16.8 Å². The second-order valence-electron chi connectivity index (χ2n) is 7.31. The molecule has 1 heterocycles. The molecule has 1 aliphatic carbocycles. The van der Waals surface area contributed by atoms with Crippen LogP contribution in [0.2, 0.25) is 0 Å². The van der Waals surface area contributed by atoms with E-state index in [-0.39, 0.29) is 5.91 Å². The van der Waals surface area contributed by atoms with Crippen molar-refractivity contribution < 1.29 is 9.59 Å². The fourth-order valence-corrected chi connectivity index (χ4v) is 5.00. The van der Waals surface area contributed by atoms with Crippen molar-refractivity contribution in [3.63, 3.8) is 0 Å². The lowest BCUT2D eigenvalue weighted by atomic mass is 9.59. The largest absolute Gasteiger partial charge is 0.369 e. The summed E-state index contributed by atoms with van der Waals surface area (Å²) in [6.45, 7) is 3.81. The van der Waals surface area contributed by atoms with Gasteiger partial charge in [-0.3, -0.25) is 9.59 Å². The number of hydrogen-bond donors (Lipinski definition) is 3. The second kappa shape index (κ2) is 7.19. The number of anilines is 1. The third kappa shape index (κ3) is 3.14. The zero-order valence-corrected chi connectivity index (χ0v) is 16.0. The van der Waals surface area contributed by atoms with Gasteiger partial charge in [-0.15, -0.1) is 0 Å². The summed E-state index contributed by atoms with van der Waals surface area (Å²) in [4.78, 5) is 26.0. The van der Waals surface area contributed by atoms with E-state index in [1.54, 1.807) is 0 Å². The summed E-state index contributed by atoms with van der Waals surface area (Å²) in [5.74, 6) is -1.28. The van der Waals surface area contributed by atoms with E-state index in [4.69, 9.17) is 18.0 Å². The molecular formula is C20H25N3O2S. The lowest BCUT2D eigenvalue weighted by Crippen LogP contribution is -2.55. The van der Waals surface area contributed by atoms with Crippen LogP contribution in [0.4, 0.5) is 5.69 Å². The zero-order valence-electron chi connectivity index (χ0n) is 15.2. The van der Waals surface area contributed by atoms with Crippen molar-refractivity contribution in [3.05, 3.63) is 41.1 Å². The Kier molecular flexibility index (Phi) is 5.14. The normalized spacial score (nSPS) is 22.1. The Morgan fingerprint density at radius 2 is 1.85 bits per heavy atom. The van der Waals surface area contributed by atoms with E-state index in [0.717, 1.165) is 49.1 Å². The first-order valence-corrected chi connectivity index (χ1v) is 9.46. The third-order valence-corrected chi connectivity index (χ3v) is 5.99. The topological polar surface area (TPSA) is 84.2 Å². The third-order valence-electron chi connectivity index (χ3n) is 5.65. The minimum Gasteiger partial charge on any atom is -0.369 e. The summed E-state index contributed by atoms with van der Waals surface area (Å²) >= 11 is 5.45. The number of carbonyl (C=O) groups excluding carboxylic acids is 2. The van der Waals surface area contributed by atoms with Gasteiger partial charge in [-0.2, -0.15) is 0 Å². The van der Waals surface area contributed by atoms with E-state index < -0.39 is 17.2 Å². The van der Waals surface area contributed by atoms with Gasteiger partial charge in [-0.25, -0.2) is 0 Å². The molecule has 0 unspecified atom stereocenters. The first kappa shape index (κ1) is 18.6. The number of carbonyl (C=O) groups is 2. The smallest absolute Gasteiger partial charge is 0.253 e. The number of rotatable bonds is 3. The molecule has 3 rings (SSSR count). The Bertz CT molecular complexity index is 794. The summed E-state index contributed by atoms with van der Waals surface area (Å²) in [5.41, 5.74) is 8.22. The van der Waals surface area contributed by atoms with Crippen LogP contribution >= 0.6 is 12.2 Å². The van der Waals surface area contributed by atoms with Gasteiger partial charge in [0.25, 0.3) is 5.91 Å². The number of allylic oxidation sites excluding steroid dienone is 1. The molecule has 1 fully saturated rings. The lowest BCUT2D eigenvalue weighted by Gasteiger charge is -2.47. The predicted octanol–water partition coefficient (Wildman–Crippen LogP) is 3.19. The minimum atomic E-state index is -0.640. The van der Waals surface area contributed by atoms with Crippen molar-refractivity contribution in [1.29, 1.82) is 0 Å². The van der Waals surface area contributed by atoms with Crippen molar-refractivity contribution >= 4 is 34.7 Å². The average molecular weight is 372 g/mol. The fraction of sp³-hybridized carbons (Fsp3) is 0.450. The van der Waals surface area contributed by atoms with Crippen molar-refractivity contribution in [3.8, 4) is 0 Å². The van der Waals surface area contributed by atoms with Gasteiger partial charge in [-0.05, 0) is 38.3 Å². The maximum absolute atomic E-state index is 13.3. The highest BCUT2D eigenvalue weighted by molar-refractivity contribution is 7.80. The molecule has 1 aromatic carbocycles. The monoisotopic (exact) mass is 371 g/mol. The number of benzene rings is 1. The number of amides is 2. The Labute approximate surface area is 159 Å². The van der Waals surface area contributed by atoms with Crippen molar-refractivity contribution in [2.24, 2.45) is 17.1 Å². The molecule has 2 aliphatic rings. The van der Waals surface area contributed by atoms with Gasteiger partial charge < -0.3 is 16.4 Å². The van der Waals surface area contributed by atoms with Crippen LogP contribution in [0, 0.1) is 18.3 Å². The van der Waals surface area contributed by atoms with E-state index in [2.05, 4.69) is 10.6 Å². The summed E-state index contributed by atoms with van der Waals surface area (Å²) in [6, 6.07) is 7.65. The zero-order chi connectivity index (χ0) is 18.9. The maximum atomic E-state index is 13.3. The van der Waals surface area contributed by atoms with Crippen LogP contribution in [-0.2, 0) is 9.59 Å². The van der Waals surface area contributed by atoms with Crippen LogP contribution in [0.15, 0.2) is 35.5 Å². The highest BCUT2D eigenvalue weighted by Gasteiger charge is 2.53. The lowest BCUT2D eigenvalue weighted by molar-refractivity contribution is -0.124. The number of nitrogens with one attached hydrogen (secondary N) is 2. The van der Waals surface area contributed by atoms with Gasteiger partial charge in [0.2, 0.25) is 5.91 Å². The summed E-state index contributed by atoms with van der Waals surface area (Å²) in [7, 11) is 0. The number of para-hydroxylation sites is 1. The summed E-state index contributed by atoms with van der Waals surface area (Å²) in [5, 5.41) is 6.09. The average Bonchev–Trinajstić information content (AvgIpc) is 2.56. The van der Waals surface area contributed by atoms with E-state index in [1.165, 1.54) is 0 Å². The number of thiocarbonyl (C=S) groups is 1. The minimum absolute atomic E-state index is 0.181. The molecule has 1 atom stereocenters. The van der Waals surface area contributed by atoms with Crippen LogP contribution in [0.3, 0.4) is 0 Å². The molecule has 1 aromatic rings. The second-order valence-corrected chi connectivity index (χ2v) is 7.75. The van der Waals surface area contributed by atoms with Crippen LogP contribution in [0.1, 0.15) is 44.6 Å². The first-order chi connectivity index (χ1) is 12.4. The van der Waals surface area contributed by atoms with Gasteiger partial charge in [0, 0.05) is 22.4 Å². The van der Waals surface area contributed by atoms with E-state index >= 15 is 0 Å². The molecular weight excluding hydrogens is 346 g/mol. The van der Waals surface area contributed by atoms with Crippen LogP contribution in [0.5, 0.6) is 0 Å². The molecule has 138 valence electrons. The molecule has 0 saturated heterocycles. The molecule has 0 radical (unpaired) electrons. The summed E-state index contributed by atoms with van der Waals surface area (Å²) in [6.07, 6.45) is 4.51. The van der Waals surface area contributed by atoms with Crippen LogP contribution < -0.4 is 16.4 Å². The molecule has 1 aliphatic heterocycles. The molecule has 0 aromatic heterocycles. The highest BCUT2D eigenvalue weighted by atomic mass is 32.1. The Balaban J connectivity index is 2.05. The molecule has 26 heavy (non-hydrogen) atoms. The highest BCUT2D eigenvalue weighted by Crippen LogP contribution is 2.51. The van der Waals surface area contributed by atoms with Gasteiger partial charge in [0.15, 0.2) is 0 Å². The van der Waals surface area contributed by atoms with Crippen molar-refractivity contribution in [2.75, 3.05) is 5.32 Å². The summed E-state index contributed by atoms with van der Waals surface area (Å²) < 4.78 is 0. The van der Waals surface area contributed by atoms with E-state index in [1.807, 2.05) is 38.1 Å². The Morgan fingerprint density at radius 3 is 2.46 bits per heavy atom. The molecule has 1 spiro atoms. The number of primary amides is 1. The Morgan fingerprint density at radius 1 is 1.19 bits per heavy atom. The van der Waals surface area contributed by atoms with Gasteiger partial charge in [-0.1, -0.05) is 49.7 Å². The van der Waals surface area contributed by atoms with Gasteiger partial charge in [0.1, 0.15) is 0 Å². The predicted molar refractivity (Wildman–Crippen MR) is 106 cm³/mol. The van der Waals surface area contributed by atoms with Crippen LogP contribution in [0.25, 0.3) is 0 Å². The van der Waals surface area contributed by atoms with E-state index in [9.17, 15) is 9.59 Å². The fourth-order valence-electron chi connectivity index (χ4n) is 4.51. The number of hydrogen-bond acceptors (Lipinski definition) is 3. The number of aryl methyl sites for hydroxylation is 1. The first-order valence-electron chi connectivity index (χ1n) is 9.05. The van der Waals surface area contributed by atoms with Gasteiger partial charge >= 0.3 is 0 Å². The quantitative estimate of drug-likeness (QED) is 0.713. The molecule has 0 bridgehead atoms. The standard InChI is InChI=1S/C20H25N3O2S/c1-12-8-4-5-9-14(12)23-18(25)15-13(2)22-19(26)16(17(21)24)20(15)10-6-3-7-11-20/h4-5,8-9,16H,3,6-7,10-11H2,1-2H3,(H2,21,24)(H,22,26)(H,23,25)/t16-/m0/s1. The van der Waals surface area contributed by atoms with Gasteiger partial charge in [0.05, 0.1) is 10.9 Å². The molecule has 6 heteroatoms. The van der Waals surface area contributed by atoms with Crippen molar-refractivity contribution in [2.45, 2.75) is 46.0 Å². The maximum Gasteiger partial charge on any atom is 0.253 e. The number of nitrogens with two attached hydrogens (primary N) is 1. The SMILES string of the molecule is CC1=C(C(=O)Nc2ccccc2C)C2(CCCCC2)[C@@H](C(N)=O)C(=S)N1. The molecule has 4 N–H and O–H groups in total.